The van der Waals surface area contributed by atoms with E-state index in [1.807, 2.05) is 13.8 Å². The van der Waals surface area contributed by atoms with Gasteiger partial charge in [-0.2, -0.15) is 13.2 Å². The molecular formula is C14H16F3NO. The van der Waals surface area contributed by atoms with Crippen LogP contribution in [0.25, 0.3) is 0 Å². The lowest BCUT2D eigenvalue weighted by Gasteiger charge is -2.14. The molecule has 5 heteroatoms. The lowest BCUT2D eigenvalue weighted by Crippen LogP contribution is -2.14. The molecule has 0 unspecified atom stereocenters. The quantitative estimate of drug-likeness (QED) is 0.478. The molecule has 0 aromatic heterocycles. The zero-order valence-corrected chi connectivity index (χ0v) is 10.8. The van der Waals surface area contributed by atoms with Crippen LogP contribution in [0.5, 0.6) is 0 Å². The topological polar surface area (TPSA) is 33.1 Å². The SMILES string of the molecule is CC/C=C(\CC)OC(=N)c1ccccc1C(F)(F)F. The number of rotatable bonds is 4. The van der Waals surface area contributed by atoms with Crippen LogP contribution in [-0.4, -0.2) is 5.90 Å². The Balaban J connectivity index is 3.04. The highest BCUT2D eigenvalue weighted by atomic mass is 19.4. The van der Waals surface area contributed by atoms with Crippen molar-refractivity contribution in [3.05, 3.63) is 47.2 Å². The maximum atomic E-state index is 12.8. The summed E-state index contributed by atoms with van der Waals surface area (Å²) in [7, 11) is 0. The number of ether oxygens (including phenoxy) is 1. The van der Waals surface area contributed by atoms with Crippen LogP contribution < -0.4 is 0 Å². The van der Waals surface area contributed by atoms with Gasteiger partial charge in [-0.1, -0.05) is 26.0 Å². The number of halogens is 3. The van der Waals surface area contributed by atoms with Gasteiger partial charge in [-0.25, -0.2) is 0 Å². The Hall–Kier alpha value is -1.78. The van der Waals surface area contributed by atoms with Gasteiger partial charge in [0.15, 0.2) is 0 Å². The van der Waals surface area contributed by atoms with Crippen molar-refractivity contribution in [3.63, 3.8) is 0 Å². The number of hydrogen-bond acceptors (Lipinski definition) is 2. The summed E-state index contributed by atoms with van der Waals surface area (Å²) in [4.78, 5) is 0. The van der Waals surface area contributed by atoms with E-state index >= 15 is 0 Å². The van der Waals surface area contributed by atoms with Gasteiger partial charge in [-0.05, 0) is 24.6 Å². The molecule has 104 valence electrons. The molecule has 0 aliphatic rings. The molecule has 0 saturated heterocycles. The first kappa shape index (κ1) is 15.3. The zero-order chi connectivity index (χ0) is 14.5. The third-order valence-electron chi connectivity index (χ3n) is 2.49. The number of nitrogens with one attached hydrogen (secondary N) is 1. The molecule has 0 amide bonds. The Morgan fingerprint density at radius 3 is 2.42 bits per heavy atom. The summed E-state index contributed by atoms with van der Waals surface area (Å²) in [6.07, 6.45) is -1.50. The van der Waals surface area contributed by atoms with Crippen molar-refractivity contribution in [2.45, 2.75) is 32.9 Å². The molecule has 0 aliphatic heterocycles. The summed E-state index contributed by atoms with van der Waals surface area (Å²) in [5.41, 5.74) is -1.10. The molecule has 0 saturated carbocycles. The first-order valence-electron chi connectivity index (χ1n) is 6.02. The fourth-order valence-corrected chi connectivity index (χ4v) is 1.60. The first-order valence-corrected chi connectivity index (χ1v) is 6.02. The second-order valence-corrected chi connectivity index (χ2v) is 3.91. The van der Waals surface area contributed by atoms with E-state index in [0.717, 1.165) is 6.07 Å². The maximum Gasteiger partial charge on any atom is 0.417 e. The summed E-state index contributed by atoms with van der Waals surface area (Å²) in [6.45, 7) is 3.72. The average molecular weight is 271 g/mol. The van der Waals surface area contributed by atoms with Crippen molar-refractivity contribution in [1.29, 1.82) is 5.41 Å². The normalized spacial score (nSPS) is 12.4. The molecule has 0 heterocycles. The van der Waals surface area contributed by atoms with Crippen molar-refractivity contribution >= 4 is 5.90 Å². The molecule has 0 radical (unpaired) electrons. The molecular weight excluding hydrogens is 255 g/mol. The van der Waals surface area contributed by atoms with E-state index in [-0.39, 0.29) is 5.56 Å². The third-order valence-corrected chi connectivity index (χ3v) is 2.49. The minimum atomic E-state index is -4.49. The Kier molecular flexibility index (Phi) is 5.15. The lowest BCUT2D eigenvalue weighted by atomic mass is 10.1. The number of allylic oxidation sites excluding steroid dienone is 2. The molecule has 0 spiro atoms. The van der Waals surface area contributed by atoms with Gasteiger partial charge in [0.2, 0.25) is 5.90 Å². The minimum absolute atomic E-state index is 0.245. The summed E-state index contributed by atoms with van der Waals surface area (Å²) < 4.78 is 43.6. The number of benzene rings is 1. The van der Waals surface area contributed by atoms with Gasteiger partial charge in [0.25, 0.3) is 0 Å². The standard InChI is InChI=1S/C14H16F3NO/c1-3-7-10(4-2)19-13(18)11-8-5-6-9-12(11)14(15,16)17/h5-9,18H,3-4H2,1-2H3/b10-7+,18-13?. The second-order valence-electron chi connectivity index (χ2n) is 3.91. The largest absolute Gasteiger partial charge is 0.444 e. The fourth-order valence-electron chi connectivity index (χ4n) is 1.60. The van der Waals surface area contributed by atoms with Gasteiger partial charge in [-0.15, -0.1) is 0 Å². The van der Waals surface area contributed by atoms with Crippen LogP contribution in [0.1, 0.15) is 37.8 Å². The maximum absolute atomic E-state index is 12.8. The van der Waals surface area contributed by atoms with Crippen LogP contribution in [0, 0.1) is 5.41 Å². The summed E-state index contributed by atoms with van der Waals surface area (Å²) in [5.74, 6) is 0.0268. The molecule has 19 heavy (non-hydrogen) atoms. The average Bonchev–Trinajstić information content (AvgIpc) is 2.37. The Bertz CT molecular complexity index is 478. The van der Waals surface area contributed by atoms with E-state index in [0.29, 0.717) is 18.6 Å². The van der Waals surface area contributed by atoms with Gasteiger partial charge in [0, 0.05) is 12.0 Å². The molecule has 0 atom stereocenters. The summed E-state index contributed by atoms with van der Waals surface area (Å²) >= 11 is 0. The predicted octanol–water partition coefficient (Wildman–Crippen LogP) is 4.75. The van der Waals surface area contributed by atoms with Gasteiger partial charge < -0.3 is 4.74 Å². The fraction of sp³-hybridized carbons (Fsp3) is 0.357. The van der Waals surface area contributed by atoms with Gasteiger partial charge in [0.05, 0.1) is 5.56 Å². The predicted molar refractivity (Wildman–Crippen MR) is 68.0 cm³/mol. The van der Waals surface area contributed by atoms with Crippen molar-refractivity contribution in [1.82, 2.24) is 0 Å². The van der Waals surface area contributed by atoms with E-state index in [4.69, 9.17) is 10.1 Å². The Morgan fingerprint density at radius 2 is 1.89 bits per heavy atom. The second kappa shape index (κ2) is 6.41. The first-order chi connectivity index (χ1) is 8.90. The molecule has 0 aliphatic carbocycles. The molecule has 1 N–H and O–H groups in total. The summed E-state index contributed by atoms with van der Waals surface area (Å²) in [5, 5.41) is 7.70. The van der Waals surface area contributed by atoms with Crippen LogP contribution in [0.3, 0.4) is 0 Å². The zero-order valence-electron chi connectivity index (χ0n) is 10.8. The van der Waals surface area contributed by atoms with E-state index < -0.39 is 17.6 Å². The molecule has 2 nitrogen and oxygen atoms in total. The van der Waals surface area contributed by atoms with Crippen LogP contribution in [0.2, 0.25) is 0 Å². The van der Waals surface area contributed by atoms with E-state index in [1.165, 1.54) is 18.2 Å². The van der Waals surface area contributed by atoms with Crippen LogP contribution in [0.15, 0.2) is 36.1 Å². The van der Waals surface area contributed by atoms with Crippen LogP contribution in [-0.2, 0) is 10.9 Å². The highest BCUT2D eigenvalue weighted by molar-refractivity contribution is 5.94. The monoisotopic (exact) mass is 271 g/mol. The summed E-state index contributed by atoms with van der Waals surface area (Å²) in [6, 6.07) is 4.94. The number of hydrogen-bond donors (Lipinski definition) is 1. The Morgan fingerprint density at radius 1 is 1.26 bits per heavy atom. The lowest BCUT2D eigenvalue weighted by molar-refractivity contribution is -0.137. The third kappa shape index (κ3) is 4.12. The molecule has 1 rings (SSSR count). The molecule has 0 fully saturated rings. The van der Waals surface area contributed by atoms with Crippen LogP contribution in [0.4, 0.5) is 13.2 Å². The van der Waals surface area contributed by atoms with Crippen molar-refractivity contribution in [2.24, 2.45) is 0 Å². The Labute approximate surface area is 110 Å². The van der Waals surface area contributed by atoms with Crippen LogP contribution >= 0.6 is 0 Å². The molecule has 1 aromatic rings. The number of alkyl halides is 3. The van der Waals surface area contributed by atoms with Gasteiger partial charge >= 0.3 is 6.18 Å². The van der Waals surface area contributed by atoms with E-state index in [9.17, 15) is 13.2 Å². The van der Waals surface area contributed by atoms with Gasteiger partial charge in [0.1, 0.15) is 5.76 Å². The smallest absolute Gasteiger partial charge is 0.417 e. The van der Waals surface area contributed by atoms with E-state index in [1.54, 1.807) is 6.08 Å². The molecule has 1 aromatic carbocycles. The van der Waals surface area contributed by atoms with Gasteiger partial charge in [-0.3, -0.25) is 5.41 Å². The molecule has 0 bridgehead atoms. The minimum Gasteiger partial charge on any atom is -0.444 e. The van der Waals surface area contributed by atoms with E-state index in [2.05, 4.69) is 0 Å². The highest BCUT2D eigenvalue weighted by Gasteiger charge is 2.34. The van der Waals surface area contributed by atoms with Crippen molar-refractivity contribution in [3.8, 4) is 0 Å². The van der Waals surface area contributed by atoms with Crippen molar-refractivity contribution < 1.29 is 17.9 Å². The van der Waals surface area contributed by atoms with Crippen molar-refractivity contribution in [2.75, 3.05) is 0 Å². The highest BCUT2D eigenvalue weighted by Crippen LogP contribution is 2.32.